The van der Waals surface area contributed by atoms with Gasteiger partial charge in [-0.05, 0) is 6.07 Å². The van der Waals surface area contributed by atoms with Crippen molar-refractivity contribution in [2.24, 2.45) is 5.84 Å². The molecule has 0 radical (unpaired) electrons. The standard InChI is InChI=1S/C14H16N8O/c15-19-12-8-14(21-3-5-23-6-4-21)22-13(18-12)7-11(20-22)10-1-2-16-17-9-10/h1-2,7-9H,3-6,15H2,(H,18,19). The molecule has 118 valence electrons. The molecule has 4 heterocycles. The molecule has 1 aliphatic heterocycles. The maximum absolute atomic E-state index is 5.55. The third-order valence-corrected chi connectivity index (χ3v) is 3.77. The number of ether oxygens (including phenoxy) is 1. The van der Waals surface area contributed by atoms with E-state index in [0.29, 0.717) is 24.7 Å². The fourth-order valence-corrected chi connectivity index (χ4v) is 2.63. The molecule has 0 saturated carbocycles. The number of hydrogen-bond donors (Lipinski definition) is 2. The Morgan fingerprint density at radius 2 is 2.04 bits per heavy atom. The molecule has 1 saturated heterocycles. The molecule has 0 aromatic carbocycles. The smallest absolute Gasteiger partial charge is 0.160 e. The van der Waals surface area contributed by atoms with Gasteiger partial charge in [0, 0.05) is 30.8 Å². The van der Waals surface area contributed by atoms with Gasteiger partial charge in [-0.3, -0.25) is 0 Å². The Balaban J connectivity index is 1.85. The van der Waals surface area contributed by atoms with E-state index in [1.165, 1.54) is 0 Å². The number of fused-ring (bicyclic) bond motifs is 1. The molecule has 3 N–H and O–H groups in total. The van der Waals surface area contributed by atoms with Gasteiger partial charge >= 0.3 is 0 Å². The molecule has 0 bridgehead atoms. The predicted molar refractivity (Wildman–Crippen MR) is 84.9 cm³/mol. The average Bonchev–Trinajstić information content (AvgIpc) is 3.06. The molecule has 3 aromatic heterocycles. The quantitative estimate of drug-likeness (QED) is 0.525. The van der Waals surface area contributed by atoms with Crippen LogP contribution >= 0.6 is 0 Å². The first-order valence-corrected chi connectivity index (χ1v) is 7.32. The maximum atomic E-state index is 5.55. The molecule has 3 aromatic rings. The minimum absolute atomic E-state index is 0.596. The van der Waals surface area contributed by atoms with Gasteiger partial charge in [0.1, 0.15) is 11.6 Å². The van der Waals surface area contributed by atoms with Gasteiger partial charge in [0.25, 0.3) is 0 Å². The van der Waals surface area contributed by atoms with Crippen LogP contribution in [-0.4, -0.2) is 51.1 Å². The van der Waals surface area contributed by atoms with Gasteiger partial charge in [0.15, 0.2) is 5.65 Å². The molecule has 0 aliphatic carbocycles. The van der Waals surface area contributed by atoms with E-state index in [9.17, 15) is 0 Å². The summed E-state index contributed by atoms with van der Waals surface area (Å²) in [5.74, 6) is 7.08. The van der Waals surface area contributed by atoms with Gasteiger partial charge in [-0.25, -0.2) is 10.8 Å². The van der Waals surface area contributed by atoms with Crippen LogP contribution in [0.4, 0.5) is 11.6 Å². The maximum Gasteiger partial charge on any atom is 0.160 e. The van der Waals surface area contributed by atoms with Crippen molar-refractivity contribution >= 4 is 17.3 Å². The Morgan fingerprint density at radius 3 is 2.78 bits per heavy atom. The number of hydrazine groups is 1. The van der Waals surface area contributed by atoms with E-state index in [0.717, 1.165) is 30.2 Å². The zero-order chi connectivity index (χ0) is 15.6. The molecule has 1 fully saturated rings. The van der Waals surface area contributed by atoms with Gasteiger partial charge in [0.2, 0.25) is 0 Å². The zero-order valence-corrected chi connectivity index (χ0v) is 12.4. The largest absolute Gasteiger partial charge is 0.378 e. The van der Waals surface area contributed by atoms with E-state index < -0.39 is 0 Å². The number of anilines is 2. The highest BCUT2D eigenvalue weighted by Gasteiger charge is 2.18. The van der Waals surface area contributed by atoms with Crippen LogP contribution in [0.25, 0.3) is 16.9 Å². The number of morpholine rings is 1. The Kier molecular flexibility index (Phi) is 3.48. The van der Waals surface area contributed by atoms with Crippen molar-refractivity contribution in [3.63, 3.8) is 0 Å². The van der Waals surface area contributed by atoms with E-state index in [1.54, 1.807) is 12.4 Å². The Morgan fingerprint density at radius 1 is 1.17 bits per heavy atom. The van der Waals surface area contributed by atoms with Crippen LogP contribution in [-0.2, 0) is 4.74 Å². The third kappa shape index (κ3) is 2.56. The third-order valence-electron chi connectivity index (χ3n) is 3.77. The summed E-state index contributed by atoms with van der Waals surface area (Å²) in [5.41, 5.74) is 5.01. The van der Waals surface area contributed by atoms with Crippen LogP contribution in [0.1, 0.15) is 0 Å². The van der Waals surface area contributed by atoms with E-state index in [1.807, 2.05) is 22.7 Å². The summed E-state index contributed by atoms with van der Waals surface area (Å²) in [7, 11) is 0. The minimum atomic E-state index is 0.596. The van der Waals surface area contributed by atoms with Crippen LogP contribution < -0.4 is 16.2 Å². The summed E-state index contributed by atoms with van der Waals surface area (Å²) in [6.45, 7) is 2.99. The van der Waals surface area contributed by atoms with Crippen molar-refractivity contribution in [3.8, 4) is 11.3 Å². The van der Waals surface area contributed by atoms with Gasteiger partial charge in [-0.15, -0.1) is 0 Å². The number of nitrogens with one attached hydrogen (secondary N) is 1. The summed E-state index contributed by atoms with van der Waals surface area (Å²) in [5, 5.41) is 12.4. The molecule has 0 amide bonds. The van der Waals surface area contributed by atoms with Crippen LogP contribution in [0.15, 0.2) is 30.6 Å². The van der Waals surface area contributed by atoms with Crippen LogP contribution in [0.2, 0.25) is 0 Å². The summed E-state index contributed by atoms with van der Waals surface area (Å²) in [4.78, 5) is 6.67. The Hall–Kier alpha value is -2.78. The van der Waals surface area contributed by atoms with Crippen molar-refractivity contribution in [1.29, 1.82) is 0 Å². The topological polar surface area (TPSA) is 106 Å². The molecule has 0 unspecified atom stereocenters. The summed E-state index contributed by atoms with van der Waals surface area (Å²) < 4.78 is 7.24. The van der Waals surface area contributed by atoms with Crippen molar-refractivity contribution in [2.75, 3.05) is 36.6 Å². The molecule has 0 atom stereocenters. The van der Waals surface area contributed by atoms with Gasteiger partial charge in [-0.2, -0.15) is 19.8 Å². The summed E-state index contributed by atoms with van der Waals surface area (Å²) in [6, 6.07) is 5.66. The first-order chi connectivity index (χ1) is 11.3. The number of aromatic nitrogens is 5. The lowest BCUT2D eigenvalue weighted by atomic mass is 10.2. The Bertz CT molecular complexity index is 812. The second-order valence-corrected chi connectivity index (χ2v) is 5.17. The molecule has 0 spiro atoms. The first kappa shape index (κ1) is 13.9. The molecule has 23 heavy (non-hydrogen) atoms. The highest BCUT2D eigenvalue weighted by Crippen LogP contribution is 2.24. The van der Waals surface area contributed by atoms with Crippen LogP contribution in [0.5, 0.6) is 0 Å². The van der Waals surface area contributed by atoms with Gasteiger partial charge in [-0.1, -0.05) is 0 Å². The number of nitrogens with two attached hydrogens (primary N) is 1. The van der Waals surface area contributed by atoms with Crippen molar-refractivity contribution in [1.82, 2.24) is 24.8 Å². The zero-order valence-electron chi connectivity index (χ0n) is 12.4. The number of nitrogens with zero attached hydrogens (tertiary/aromatic N) is 6. The lowest BCUT2D eigenvalue weighted by molar-refractivity contribution is 0.122. The SMILES string of the molecule is NNc1cc(N2CCOCC2)n2nc(-c3ccnnc3)cc2n1. The van der Waals surface area contributed by atoms with Gasteiger partial charge < -0.3 is 15.1 Å². The average molecular weight is 312 g/mol. The van der Waals surface area contributed by atoms with Crippen molar-refractivity contribution in [2.45, 2.75) is 0 Å². The fraction of sp³-hybridized carbons (Fsp3) is 0.286. The molecule has 1 aliphatic rings. The van der Waals surface area contributed by atoms with E-state index >= 15 is 0 Å². The second kappa shape index (κ2) is 5.78. The van der Waals surface area contributed by atoms with E-state index in [-0.39, 0.29) is 0 Å². The van der Waals surface area contributed by atoms with Crippen molar-refractivity contribution < 1.29 is 4.74 Å². The molecule has 9 nitrogen and oxygen atoms in total. The molecular weight excluding hydrogens is 296 g/mol. The number of hydrogen-bond acceptors (Lipinski definition) is 8. The molecule has 4 rings (SSSR count). The van der Waals surface area contributed by atoms with Crippen LogP contribution in [0, 0.1) is 0 Å². The molecule has 9 heteroatoms. The van der Waals surface area contributed by atoms with Gasteiger partial charge in [0.05, 0.1) is 31.3 Å². The fourth-order valence-electron chi connectivity index (χ4n) is 2.63. The van der Waals surface area contributed by atoms with Crippen molar-refractivity contribution in [3.05, 3.63) is 30.6 Å². The summed E-state index contributed by atoms with van der Waals surface area (Å²) in [6.07, 6.45) is 3.32. The minimum Gasteiger partial charge on any atom is -0.378 e. The Labute approximate surface area is 132 Å². The lowest BCUT2D eigenvalue weighted by Gasteiger charge is -2.29. The number of rotatable bonds is 3. The van der Waals surface area contributed by atoms with Crippen LogP contribution in [0.3, 0.4) is 0 Å². The first-order valence-electron chi connectivity index (χ1n) is 7.32. The predicted octanol–water partition coefficient (Wildman–Crippen LogP) is 0.308. The van der Waals surface area contributed by atoms with E-state index in [4.69, 9.17) is 10.6 Å². The highest BCUT2D eigenvalue weighted by molar-refractivity contribution is 5.67. The lowest BCUT2D eigenvalue weighted by Crippen LogP contribution is -2.37. The highest BCUT2D eigenvalue weighted by atomic mass is 16.5. The normalized spacial score (nSPS) is 15.1. The number of nitrogen functional groups attached to an aromatic ring is 1. The second-order valence-electron chi connectivity index (χ2n) is 5.17. The molecular formula is C14H16N8O. The summed E-state index contributed by atoms with van der Waals surface area (Å²) >= 11 is 0. The van der Waals surface area contributed by atoms with E-state index in [2.05, 4.69) is 30.6 Å². The monoisotopic (exact) mass is 312 g/mol.